The van der Waals surface area contributed by atoms with Gasteiger partial charge in [-0.2, -0.15) is 5.10 Å². The Morgan fingerprint density at radius 2 is 2.17 bits per heavy atom. The third kappa shape index (κ3) is 7.66. The molecule has 1 fully saturated rings. The number of nitrogens with zero attached hydrogens (tertiary/aromatic N) is 5. The van der Waals surface area contributed by atoms with Gasteiger partial charge < -0.3 is 5.32 Å². The molecule has 0 saturated carbocycles. The summed E-state index contributed by atoms with van der Waals surface area (Å²) in [5.74, 6) is 0.960. The van der Waals surface area contributed by atoms with Crippen molar-refractivity contribution < 1.29 is 8.42 Å². The quantitative estimate of drug-likeness (QED) is 0.419. The van der Waals surface area contributed by atoms with Gasteiger partial charge in [-0.25, -0.2) is 12.7 Å². The molecular weight excluding hydrogens is 468 g/mol. The molecule has 0 bridgehead atoms. The fraction of sp³-hybridized carbons (Fsp3) is 0.450. The van der Waals surface area contributed by atoms with Crippen LogP contribution in [0.1, 0.15) is 18.4 Å². The van der Waals surface area contributed by atoms with Crippen molar-refractivity contribution in [1.29, 1.82) is 0 Å². The summed E-state index contributed by atoms with van der Waals surface area (Å²) < 4.78 is 25.8. The maximum absolute atomic E-state index is 11.8. The minimum Gasteiger partial charge on any atom is -0.366 e. The summed E-state index contributed by atoms with van der Waals surface area (Å²) in [4.78, 5) is 8.63. The third-order valence-corrected chi connectivity index (χ3v) is 6.31. The number of piperidine rings is 1. The topological polar surface area (TPSA) is 90.3 Å². The van der Waals surface area contributed by atoms with E-state index in [2.05, 4.69) is 42.9 Å². The van der Waals surface area contributed by atoms with Gasteiger partial charge in [-0.1, -0.05) is 12.6 Å². The predicted octanol–water partition coefficient (Wildman–Crippen LogP) is 2.58. The molecular formula is C20H29BrN6O2S. The number of hydrogen-bond acceptors (Lipinski definition) is 7. The first-order valence-electron chi connectivity index (χ1n) is 9.59. The highest BCUT2D eigenvalue weighted by molar-refractivity contribution is 9.12. The van der Waals surface area contributed by atoms with E-state index in [-0.39, 0.29) is 5.92 Å². The van der Waals surface area contributed by atoms with Gasteiger partial charge >= 0.3 is 0 Å². The first-order valence-corrected chi connectivity index (χ1v) is 12.2. The zero-order valence-electron chi connectivity index (χ0n) is 17.6. The fourth-order valence-corrected chi connectivity index (χ4v) is 4.12. The average molecular weight is 497 g/mol. The van der Waals surface area contributed by atoms with Crippen molar-refractivity contribution in [2.45, 2.75) is 19.4 Å². The summed E-state index contributed by atoms with van der Waals surface area (Å²) in [7, 11) is 0.449. The number of nitrogens with one attached hydrogen (secondary N) is 1. The summed E-state index contributed by atoms with van der Waals surface area (Å²) in [6.45, 7) is 5.37. The van der Waals surface area contributed by atoms with Gasteiger partial charge in [-0.15, -0.1) is 0 Å². The van der Waals surface area contributed by atoms with Crippen LogP contribution in [-0.2, 0) is 16.6 Å². The van der Waals surface area contributed by atoms with Crippen LogP contribution in [0.4, 0.5) is 0 Å². The van der Waals surface area contributed by atoms with Gasteiger partial charge in [0.1, 0.15) is 5.82 Å². The molecule has 0 amide bonds. The molecule has 0 spiro atoms. The molecule has 0 unspecified atom stereocenters. The number of halogens is 1. The fourth-order valence-electron chi connectivity index (χ4n) is 3.15. The first-order chi connectivity index (χ1) is 14.2. The normalized spacial score (nSPS) is 17.3. The van der Waals surface area contributed by atoms with Crippen LogP contribution in [0, 0.1) is 5.92 Å². The Hall–Kier alpha value is -2.04. The third-order valence-electron chi connectivity index (χ3n) is 4.80. The molecule has 164 valence electrons. The standard InChI is InChI=1S/C20H29BrN6O2S/c1-16(21)13-25-26(3)20(24-15-17-6-5-9-23-14-17)12-19(22-2)18-7-10-27(11-8-18)30(4,28)29/h5-6,9,12-14,18,24H,1,7-8,10-11,15H2,2-4H3/b20-12-,22-19+,25-13-. The smallest absolute Gasteiger partial charge is 0.211 e. The van der Waals surface area contributed by atoms with Gasteiger partial charge in [-0.05, 0) is 40.4 Å². The molecule has 10 heteroatoms. The number of allylic oxidation sites excluding steroid dienone is 2. The lowest BCUT2D eigenvalue weighted by Gasteiger charge is -2.30. The molecule has 30 heavy (non-hydrogen) atoms. The van der Waals surface area contributed by atoms with Gasteiger partial charge in [0.05, 0.1) is 12.5 Å². The van der Waals surface area contributed by atoms with Gasteiger partial charge in [-0.3, -0.25) is 15.0 Å². The Balaban J connectivity index is 2.18. The zero-order valence-corrected chi connectivity index (χ0v) is 20.0. The number of hydrogen-bond donors (Lipinski definition) is 1. The Morgan fingerprint density at radius 1 is 1.47 bits per heavy atom. The number of rotatable bonds is 9. The second kappa shape index (κ2) is 11.4. The minimum atomic E-state index is -3.15. The van der Waals surface area contributed by atoms with Crippen LogP contribution in [0.25, 0.3) is 0 Å². The predicted molar refractivity (Wildman–Crippen MR) is 126 cm³/mol. The highest BCUT2D eigenvalue weighted by Crippen LogP contribution is 2.22. The lowest BCUT2D eigenvalue weighted by Crippen LogP contribution is -2.39. The SMILES string of the molecule is C=C(Br)/C=N\N(C)/C(=C\C(=N/C)C1CCN(S(C)(=O)=O)CC1)NCc1cccnc1. The van der Waals surface area contributed by atoms with Crippen LogP contribution < -0.4 is 5.32 Å². The maximum atomic E-state index is 11.8. The van der Waals surface area contributed by atoms with Crippen LogP contribution >= 0.6 is 15.9 Å². The largest absolute Gasteiger partial charge is 0.366 e. The van der Waals surface area contributed by atoms with Gasteiger partial charge in [0.15, 0.2) is 0 Å². The van der Waals surface area contributed by atoms with Gasteiger partial charge in [0.25, 0.3) is 0 Å². The molecule has 1 aliphatic heterocycles. The van der Waals surface area contributed by atoms with E-state index < -0.39 is 10.0 Å². The second-order valence-corrected chi connectivity index (χ2v) is 10.0. The molecule has 8 nitrogen and oxygen atoms in total. The Bertz CT molecular complexity index is 906. The second-order valence-electron chi connectivity index (χ2n) is 7.04. The molecule has 2 rings (SSSR count). The molecule has 1 aliphatic rings. The average Bonchev–Trinajstić information content (AvgIpc) is 2.72. The van der Waals surface area contributed by atoms with Crippen molar-refractivity contribution in [3.63, 3.8) is 0 Å². The number of hydrazone groups is 1. The van der Waals surface area contributed by atoms with Crippen LogP contribution in [-0.4, -0.2) is 68.1 Å². The van der Waals surface area contributed by atoms with E-state index in [1.165, 1.54) is 10.6 Å². The van der Waals surface area contributed by atoms with E-state index in [9.17, 15) is 8.42 Å². The van der Waals surface area contributed by atoms with E-state index in [0.717, 1.165) is 29.9 Å². The lowest BCUT2D eigenvalue weighted by molar-refractivity contribution is 0.318. The Morgan fingerprint density at radius 3 is 2.70 bits per heavy atom. The number of sulfonamides is 1. The van der Waals surface area contributed by atoms with Crippen LogP contribution in [0.15, 0.2) is 57.6 Å². The van der Waals surface area contributed by atoms with Crippen molar-refractivity contribution in [2.75, 3.05) is 33.4 Å². The van der Waals surface area contributed by atoms with Crippen molar-refractivity contribution in [2.24, 2.45) is 16.0 Å². The molecule has 1 N–H and O–H groups in total. The minimum absolute atomic E-state index is 0.187. The molecule has 0 atom stereocenters. The van der Waals surface area contributed by atoms with Crippen molar-refractivity contribution in [3.05, 3.63) is 53.0 Å². The van der Waals surface area contributed by atoms with Crippen LogP contribution in [0.2, 0.25) is 0 Å². The van der Waals surface area contributed by atoms with Crippen molar-refractivity contribution in [3.8, 4) is 0 Å². The molecule has 0 radical (unpaired) electrons. The van der Waals surface area contributed by atoms with E-state index in [4.69, 9.17) is 0 Å². The first kappa shape index (κ1) is 24.2. The molecule has 1 aromatic rings. The summed E-state index contributed by atoms with van der Waals surface area (Å²) >= 11 is 3.28. The van der Waals surface area contributed by atoms with Crippen molar-refractivity contribution in [1.82, 2.24) is 19.6 Å². The molecule has 0 aliphatic carbocycles. The number of aliphatic imine (C=N–C) groups is 1. The van der Waals surface area contributed by atoms with E-state index >= 15 is 0 Å². The molecule has 2 heterocycles. The molecule has 1 aromatic heterocycles. The maximum Gasteiger partial charge on any atom is 0.211 e. The van der Waals surface area contributed by atoms with Crippen LogP contribution in [0.5, 0.6) is 0 Å². The van der Waals surface area contributed by atoms with E-state index in [1.54, 1.807) is 24.5 Å². The monoisotopic (exact) mass is 496 g/mol. The van der Waals surface area contributed by atoms with E-state index in [1.807, 2.05) is 31.5 Å². The summed E-state index contributed by atoms with van der Waals surface area (Å²) in [5.41, 5.74) is 1.96. The lowest BCUT2D eigenvalue weighted by atomic mass is 9.92. The summed E-state index contributed by atoms with van der Waals surface area (Å²) in [5, 5.41) is 9.51. The number of aromatic nitrogens is 1. The number of pyridine rings is 1. The highest BCUT2D eigenvalue weighted by atomic mass is 79.9. The van der Waals surface area contributed by atoms with Gasteiger partial charge in [0.2, 0.25) is 10.0 Å². The van der Waals surface area contributed by atoms with Gasteiger partial charge in [0, 0.05) is 68.3 Å². The molecule has 0 aromatic carbocycles. The van der Waals surface area contributed by atoms with Crippen LogP contribution in [0.3, 0.4) is 0 Å². The van der Waals surface area contributed by atoms with Crippen molar-refractivity contribution >= 4 is 37.9 Å². The Kier molecular flexibility index (Phi) is 9.19. The molecule has 1 saturated heterocycles. The summed E-state index contributed by atoms with van der Waals surface area (Å²) in [6, 6.07) is 3.89. The Labute approximate surface area is 187 Å². The zero-order chi connectivity index (χ0) is 22.1. The van der Waals surface area contributed by atoms with E-state index in [0.29, 0.717) is 24.1 Å². The summed E-state index contributed by atoms with van der Waals surface area (Å²) in [6.07, 6.45) is 9.87. The highest BCUT2D eigenvalue weighted by Gasteiger charge is 2.27.